The van der Waals surface area contributed by atoms with Gasteiger partial charge in [0, 0.05) is 0 Å². The first kappa shape index (κ1) is 11.2. The molecule has 1 rings (SSSR count). The van der Waals surface area contributed by atoms with Crippen molar-refractivity contribution in [3.63, 3.8) is 0 Å². The van der Waals surface area contributed by atoms with Crippen LogP contribution in [-0.2, 0) is 4.74 Å². The minimum absolute atomic E-state index is 2.71. The van der Waals surface area contributed by atoms with Crippen molar-refractivity contribution >= 4 is 0 Å². The fourth-order valence-corrected chi connectivity index (χ4v) is 0.716. The first-order valence-electron chi connectivity index (χ1n) is 2.92. The van der Waals surface area contributed by atoms with Crippen LogP contribution in [-0.4, -0.2) is 17.9 Å². The SMILES string of the molecule is FC(F)=C(F)C1(F)OC1(F)C(F)(F)F. The predicted molar refractivity (Wildman–Crippen MR) is 25.2 cm³/mol. The van der Waals surface area contributed by atoms with Crippen LogP contribution >= 0.6 is 0 Å². The second-order valence-corrected chi connectivity index (χ2v) is 2.36. The molecule has 1 aliphatic rings. The summed E-state index contributed by atoms with van der Waals surface area (Å²) in [5.41, 5.74) is 0. The number of epoxide rings is 1. The Morgan fingerprint density at radius 3 is 1.64 bits per heavy atom. The molecule has 0 aromatic carbocycles. The monoisotopic (exact) mass is 228 g/mol. The van der Waals surface area contributed by atoms with Gasteiger partial charge in [-0.1, -0.05) is 0 Å². The molecular weight excluding hydrogens is 228 g/mol. The average molecular weight is 228 g/mol. The topological polar surface area (TPSA) is 12.5 Å². The van der Waals surface area contributed by atoms with Gasteiger partial charge in [-0.15, -0.1) is 0 Å². The van der Waals surface area contributed by atoms with Crippen molar-refractivity contribution in [3.8, 4) is 0 Å². The Kier molecular flexibility index (Phi) is 2.07. The van der Waals surface area contributed by atoms with E-state index >= 15 is 0 Å². The number of halogens is 8. The van der Waals surface area contributed by atoms with Gasteiger partial charge in [0.25, 0.3) is 0 Å². The van der Waals surface area contributed by atoms with Crippen LogP contribution in [0.2, 0.25) is 0 Å². The highest BCUT2D eigenvalue weighted by Gasteiger charge is 2.90. The highest BCUT2D eigenvalue weighted by molar-refractivity contribution is 5.23. The molecule has 2 unspecified atom stereocenters. The molecule has 2 atom stereocenters. The third-order valence-corrected chi connectivity index (χ3v) is 1.47. The molecule has 1 heterocycles. The number of ether oxygens (including phenoxy) is 1. The molecule has 82 valence electrons. The summed E-state index contributed by atoms with van der Waals surface area (Å²) in [6.07, 6.45) is -9.33. The van der Waals surface area contributed by atoms with E-state index in [-0.39, 0.29) is 0 Å². The fraction of sp³-hybridized carbons (Fsp3) is 0.600. The zero-order chi connectivity index (χ0) is 11.4. The van der Waals surface area contributed by atoms with Gasteiger partial charge in [0.2, 0.25) is 5.83 Å². The Morgan fingerprint density at radius 2 is 1.43 bits per heavy atom. The van der Waals surface area contributed by atoms with Gasteiger partial charge in [-0.25, -0.2) is 0 Å². The molecule has 14 heavy (non-hydrogen) atoms. The Bertz CT molecular complexity index is 291. The third-order valence-electron chi connectivity index (χ3n) is 1.47. The fourth-order valence-electron chi connectivity index (χ4n) is 0.716. The van der Waals surface area contributed by atoms with E-state index in [4.69, 9.17) is 0 Å². The Morgan fingerprint density at radius 1 is 1.00 bits per heavy atom. The van der Waals surface area contributed by atoms with E-state index in [0.29, 0.717) is 0 Å². The molecule has 0 radical (unpaired) electrons. The van der Waals surface area contributed by atoms with Crippen molar-refractivity contribution in [3.05, 3.63) is 11.9 Å². The number of alkyl halides is 5. The van der Waals surface area contributed by atoms with Gasteiger partial charge in [-0.2, -0.15) is 35.1 Å². The number of hydrogen-bond donors (Lipinski definition) is 0. The zero-order valence-corrected chi connectivity index (χ0v) is 5.93. The maximum absolute atomic E-state index is 12.5. The molecule has 1 saturated heterocycles. The first-order chi connectivity index (χ1) is 6.06. The van der Waals surface area contributed by atoms with Crippen LogP contribution in [0.25, 0.3) is 0 Å². The largest absolute Gasteiger partial charge is 0.455 e. The van der Waals surface area contributed by atoms with E-state index in [1.54, 1.807) is 0 Å². The molecule has 1 fully saturated rings. The molecular formula is C5F8O. The van der Waals surface area contributed by atoms with E-state index in [0.717, 1.165) is 0 Å². The molecule has 0 amide bonds. The predicted octanol–water partition coefficient (Wildman–Crippen LogP) is 2.99. The first-order valence-corrected chi connectivity index (χ1v) is 2.92. The molecule has 1 aliphatic heterocycles. The summed E-state index contributed by atoms with van der Waals surface area (Å²) in [5.74, 6) is -13.0. The van der Waals surface area contributed by atoms with Crippen LogP contribution in [0, 0.1) is 0 Å². The number of hydrogen-bond acceptors (Lipinski definition) is 1. The van der Waals surface area contributed by atoms with Gasteiger partial charge in [0.05, 0.1) is 0 Å². The minimum atomic E-state index is -5.92. The van der Waals surface area contributed by atoms with Gasteiger partial charge in [-0.05, 0) is 0 Å². The molecule has 0 saturated carbocycles. The summed E-state index contributed by atoms with van der Waals surface area (Å²) in [6.45, 7) is 0. The lowest BCUT2D eigenvalue weighted by Gasteiger charge is -2.07. The summed E-state index contributed by atoms with van der Waals surface area (Å²) in [7, 11) is 0. The van der Waals surface area contributed by atoms with Crippen LogP contribution in [0.3, 0.4) is 0 Å². The van der Waals surface area contributed by atoms with Crippen molar-refractivity contribution in [2.45, 2.75) is 17.9 Å². The van der Waals surface area contributed by atoms with Gasteiger partial charge >= 0.3 is 24.0 Å². The van der Waals surface area contributed by atoms with Crippen molar-refractivity contribution in [2.75, 3.05) is 0 Å². The second kappa shape index (κ2) is 2.59. The maximum Gasteiger partial charge on any atom is 0.455 e. The third kappa shape index (κ3) is 1.18. The second-order valence-electron chi connectivity index (χ2n) is 2.36. The summed E-state index contributed by atoms with van der Waals surface area (Å²) in [4.78, 5) is 0. The van der Waals surface area contributed by atoms with E-state index < -0.39 is 29.8 Å². The zero-order valence-electron chi connectivity index (χ0n) is 5.93. The molecule has 0 aromatic heterocycles. The standard InChI is InChI=1S/C5F8O/c6-1(2(7)8)3(9)4(10,14-3)5(11,12)13. The summed E-state index contributed by atoms with van der Waals surface area (Å²) < 4.78 is 96.9. The molecule has 0 bridgehead atoms. The van der Waals surface area contributed by atoms with Crippen LogP contribution in [0.4, 0.5) is 35.1 Å². The summed E-state index contributed by atoms with van der Waals surface area (Å²) >= 11 is 0. The van der Waals surface area contributed by atoms with Crippen molar-refractivity contribution in [1.82, 2.24) is 0 Å². The molecule has 0 aliphatic carbocycles. The van der Waals surface area contributed by atoms with Gasteiger partial charge in [-0.3, -0.25) is 4.74 Å². The lowest BCUT2D eigenvalue weighted by atomic mass is 10.2. The van der Waals surface area contributed by atoms with Crippen LogP contribution < -0.4 is 0 Å². The highest BCUT2D eigenvalue weighted by Crippen LogP contribution is 2.63. The molecule has 0 spiro atoms. The molecule has 0 aromatic rings. The van der Waals surface area contributed by atoms with Gasteiger partial charge in [0.15, 0.2) is 0 Å². The maximum atomic E-state index is 12.5. The Labute approximate surface area is 70.9 Å². The van der Waals surface area contributed by atoms with Crippen LogP contribution in [0.15, 0.2) is 11.9 Å². The van der Waals surface area contributed by atoms with Crippen molar-refractivity contribution < 1.29 is 39.9 Å². The van der Waals surface area contributed by atoms with E-state index in [1.165, 1.54) is 0 Å². The summed E-state index contributed by atoms with van der Waals surface area (Å²) in [6, 6.07) is 0. The lowest BCUT2D eigenvalue weighted by Crippen LogP contribution is -2.34. The van der Waals surface area contributed by atoms with E-state index in [9.17, 15) is 35.1 Å². The van der Waals surface area contributed by atoms with Crippen molar-refractivity contribution in [2.24, 2.45) is 0 Å². The summed E-state index contributed by atoms with van der Waals surface area (Å²) in [5, 5.41) is 0. The normalized spacial score (nSPS) is 36.9. The average Bonchev–Trinajstić information content (AvgIpc) is 2.55. The minimum Gasteiger partial charge on any atom is -0.285 e. The van der Waals surface area contributed by atoms with Gasteiger partial charge < -0.3 is 0 Å². The molecule has 0 N–H and O–H groups in total. The van der Waals surface area contributed by atoms with Crippen LogP contribution in [0.5, 0.6) is 0 Å². The van der Waals surface area contributed by atoms with Crippen molar-refractivity contribution in [1.29, 1.82) is 0 Å². The van der Waals surface area contributed by atoms with Crippen LogP contribution in [0.1, 0.15) is 0 Å². The smallest absolute Gasteiger partial charge is 0.285 e. The Balaban J connectivity index is 3.03. The highest BCUT2D eigenvalue weighted by atomic mass is 19.4. The Hall–Kier alpha value is -0.860. The van der Waals surface area contributed by atoms with E-state index in [2.05, 4.69) is 4.74 Å². The van der Waals surface area contributed by atoms with E-state index in [1.807, 2.05) is 0 Å². The quantitative estimate of drug-likeness (QED) is 0.496. The lowest BCUT2D eigenvalue weighted by molar-refractivity contribution is -0.227. The molecule has 9 heteroatoms. The van der Waals surface area contributed by atoms with Gasteiger partial charge in [0.1, 0.15) is 0 Å². The molecule has 1 nitrogen and oxygen atoms in total. The number of rotatable bonds is 1.